The molecule has 15 heavy (non-hydrogen) atoms. The monoisotopic (exact) mass is 263 g/mol. The fourth-order valence-corrected chi connectivity index (χ4v) is 0.642. The minimum atomic E-state index is -4.36. The minimum absolute atomic E-state index is 0. The van der Waals surface area contributed by atoms with E-state index in [1.165, 1.54) is 12.8 Å². The fourth-order valence-electron chi connectivity index (χ4n) is 0.642. The fraction of sp³-hybridized carbons (Fsp3) is 0.857. The van der Waals surface area contributed by atoms with Gasteiger partial charge >= 0.3 is 10.1 Å². The van der Waals surface area contributed by atoms with Crippen molar-refractivity contribution in [3.8, 4) is 5.40 Å². The van der Waals surface area contributed by atoms with Crippen molar-refractivity contribution >= 4 is 47.9 Å². The summed E-state index contributed by atoms with van der Waals surface area (Å²) < 4.78 is 25.8. The Labute approximate surface area is 121 Å². The van der Waals surface area contributed by atoms with E-state index in [1.807, 2.05) is 0 Å². The second-order valence-corrected chi connectivity index (χ2v) is 3.69. The van der Waals surface area contributed by atoms with Gasteiger partial charge in [0.15, 0.2) is 0 Å². The van der Waals surface area contributed by atoms with Crippen LogP contribution < -0.4 is 11.5 Å². The van der Waals surface area contributed by atoms with Crippen LogP contribution in [0, 0.1) is 10.7 Å². The number of hydrogen-bond acceptors (Lipinski definition) is 5. The molecule has 0 aromatic carbocycles. The predicted molar refractivity (Wildman–Crippen MR) is 59.5 cm³/mol. The van der Waals surface area contributed by atoms with Crippen molar-refractivity contribution < 1.29 is 13.0 Å². The van der Waals surface area contributed by atoms with Crippen LogP contribution in [-0.2, 0) is 10.1 Å². The van der Waals surface area contributed by atoms with Crippen molar-refractivity contribution in [2.45, 2.75) is 25.7 Å². The third kappa shape index (κ3) is 31.3. The summed E-state index contributed by atoms with van der Waals surface area (Å²) in [5.74, 6) is 0. The van der Waals surface area contributed by atoms with Crippen LogP contribution in [-0.4, -0.2) is 63.8 Å². The first kappa shape index (κ1) is 20.9. The van der Waals surface area contributed by atoms with Gasteiger partial charge in [-0.1, -0.05) is 12.8 Å². The molecule has 0 spiro atoms. The molecule has 0 atom stereocenters. The molecular formula is C7H17CaN3O3S. The zero-order valence-corrected chi connectivity index (χ0v) is 11.7. The Bertz CT molecular complexity index is 245. The number of nitriles is 1. The van der Waals surface area contributed by atoms with Crippen LogP contribution in [0.1, 0.15) is 25.7 Å². The summed E-state index contributed by atoms with van der Waals surface area (Å²) in [5.41, 5.74) is 10.6. The molecule has 0 aliphatic heterocycles. The van der Waals surface area contributed by atoms with Crippen molar-refractivity contribution in [3.05, 3.63) is 0 Å². The van der Waals surface area contributed by atoms with Gasteiger partial charge in [-0.25, -0.2) is 0 Å². The maximum atomic E-state index is 9.19. The van der Waals surface area contributed by atoms with Gasteiger partial charge in [-0.15, -0.1) is 0 Å². The van der Waals surface area contributed by atoms with E-state index >= 15 is 0 Å². The minimum Gasteiger partial charge on any atom is -0.330 e. The maximum Gasteiger partial charge on any atom is 0.360 e. The molecule has 2 radical (unpaired) electrons. The van der Waals surface area contributed by atoms with Gasteiger partial charge in [0, 0.05) is 37.7 Å². The van der Waals surface area contributed by atoms with Crippen LogP contribution in [0.15, 0.2) is 0 Å². The third-order valence-corrected chi connectivity index (χ3v) is 1.50. The molecule has 6 nitrogen and oxygen atoms in total. The van der Waals surface area contributed by atoms with E-state index in [4.69, 9.17) is 21.3 Å². The molecule has 0 aliphatic carbocycles. The molecule has 0 saturated heterocycles. The SMILES string of the molecule is N#CS(=O)(=O)O.NCCCCCCN.[Ca]. The van der Waals surface area contributed by atoms with Gasteiger partial charge in [0.25, 0.3) is 0 Å². The Morgan fingerprint density at radius 1 is 1.07 bits per heavy atom. The summed E-state index contributed by atoms with van der Waals surface area (Å²) in [6.07, 6.45) is 4.79. The smallest absolute Gasteiger partial charge is 0.330 e. The molecular weight excluding hydrogens is 246 g/mol. The van der Waals surface area contributed by atoms with Crippen molar-refractivity contribution in [2.75, 3.05) is 13.1 Å². The number of rotatable bonds is 5. The van der Waals surface area contributed by atoms with Crippen molar-refractivity contribution in [1.82, 2.24) is 0 Å². The molecule has 8 heteroatoms. The Morgan fingerprint density at radius 2 is 1.33 bits per heavy atom. The molecule has 0 fully saturated rings. The Hall–Kier alpha value is 0.580. The van der Waals surface area contributed by atoms with E-state index in [2.05, 4.69) is 0 Å². The summed E-state index contributed by atoms with van der Waals surface area (Å²) in [6, 6.07) is 0. The van der Waals surface area contributed by atoms with Crippen LogP contribution in [0.25, 0.3) is 0 Å². The van der Waals surface area contributed by atoms with Crippen LogP contribution in [0.3, 0.4) is 0 Å². The van der Waals surface area contributed by atoms with Crippen LogP contribution in [0.2, 0.25) is 0 Å². The van der Waals surface area contributed by atoms with Gasteiger partial charge in [0.05, 0.1) is 0 Å². The first-order valence-corrected chi connectivity index (χ1v) is 5.70. The van der Waals surface area contributed by atoms with Crippen molar-refractivity contribution in [1.29, 1.82) is 5.26 Å². The quantitative estimate of drug-likeness (QED) is 0.200. The maximum absolute atomic E-state index is 9.19. The molecule has 0 bridgehead atoms. The van der Waals surface area contributed by atoms with Crippen LogP contribution in [0.5, 0.6) is 0 Å². The van der Waals surface area contributed by atoms with Gasteiger partial charge in [0.1, 0.15) is 0 Å². The standard InChI is InChI=1S/C6H16N2.CHNO3S.Ca/c7-5-3-1-2-4-6-8;2-1-6(3,4)5;/h1-8H2;(H,3,4,5);. The summed E-state index contributed by atoms with van der Waals surface area (Å²) in [5, 5.41) is 7.95. The Morgan fingerprint density at radius 3 is 1.47 bits per heavy atom. The number of nitrogens with zero attached hydrogens (tertiary/aromatic N) is 1. The molecule has 0 rings (SSSR count). The number of thiocyanates is 1. The normalized spacial score (nSPS) is 9.20. The van der Waals surface area contributed by atoms with Crippen molar-refractivity contribution in [2.24, 2.45) is 11.5 Å². The third-order valence-electron chi connectivity index (χ3n) is 1.27. The zero-order valence-electron chi connectivity index (χ0n) is 8.72. The Balaban J connectivity index is -0.000000187. The first-order valence-electron chi connectivity index (χ1n) is 4.26. The summed E-state index contributed by atoms with van der Waals surface area (Å²) in [6.45, 7) is 1.65. The molecule has 0 aromatic rings. The van der Waals surface area contributed by atoms with Gasteiger partial charge in [-0.05, 0) is 25.9 Å². The summed E-state index contributed by atoms with van der Waals surface area (Å²) in [7, 11) is -4.36. The Kier molecular flexibility index (Phi) is 20.3. The molecule has 0 aliphatic rings. The van der Waals surface area contributed by atoms with Gasteiger partial charge in [0.2, 0.25) is 5.40 Å². The molecule has 0 heterocycles. The van der Waals surface area contributed by atoms with E-state index in [0.717, 1.165) is 25.9 Å². The number of hydrogen-bond donors (Lipinski definition) is 3. The predicted octanol–water partition coefficient (Wildman–Crippen LogP) is -0.561. The van der Waals surface area contributed by atoms with Gasteiger partial charge in [-0.2, -0.15) is 13.7 Å². The molecule has 86 valence electrons. The molecule has 0 unspecified atom stereocenters. The molecule has 5 N–H and O–H groups in total. The number of unbranched alkanes of at least 4 members (excludes halogenated alkanes) is 3. The summed E-state index contributed by atoms with van der Waals surface area (Å²) >= 11 is 0. The average molecular weight is 263 g/mol. The van der Waals surface area contributed by atoms with E-state index in [-0.39, 0.29) is 37.7 Å². The average Bonchev–Trinajstić information content (AvgIpc) is 2.13. The zero-order chi connectivity index (χ0) is 11.4. The second kappa shape index (κ2) is 14.6. The van der Waals surface area contributed by atoms with E-state index in [0.29, 0.717) is 5.40 Å². The first-order chi connectivity index (χ1) is 6.47. The van der Waals surface area contributed by atoms with Gasteiger partial charge < -0.3 is 11.5 Å². The van der Waals surface area contributed by atoms with Gasteiger partial charge in [-0.3, -0.25) is 4.55 Å². The second-order valence-electron chi connectivity index (χ2n) is 2.56. The van der Waals surface area contributed by atoms with Crippen LogP contribution >= 0.6 is 0 Å². The molecule has 0 saturated carbocycles. The molecule has 0 amide bonds. The van der Waals surface area contributed by atoms with E-state index in [1.54, 1.807) is 0 Å². The van der Waals surface area contributed by atoms with E-state index < -0.39 is 10.1 Å². The summed E-state index contributed by atoms with van der Waals surface area (Å²) in [4.78, 5) is 0. The largest absolute Gasteiger partial charge is 0.360 e. The van der Waals surface area contributed by atoms with Crippen LogP contribution in [0.4, 0.5) is 0 Å². The van der Waals surface area contributed by atoms with E-state index in [9.17, 15) is 8.42 Å². The topological polar surface area (TPSA) is 130 Å². The number of nitrogens with two attached hydrogens (primary N) is 2. The van der Waals surface area contributed by atoms with Crippen molar-refractivity contribution in [3.63, 3.8) is 0 Å². The molecule has 0 aromatic heterocycles.